The number of carbonyl (C=O) groups excluding carboxylic acids is 1. The van der Waals surface area contributed by atoms with Crippen molar-refractivity contribution in [3.63, 3.8) is 0 Å². The second-order valence-electron chi connectivity index (χ2n) is 6.17. The minimum atomic E-state index is 0.0268. The number of carbonyl (C=O) groups is 1. The predicted octanol–water partition coefficient (Wildman–Crippen LogP) is 3.54. The second kappa shape index (κ2) is 5.65. The molecule has 0 spiro atoms. The molecular formula is C18H20N4O. The zero-order valence-corrected chi connectivity index (χ0v) is 13.3. The van der Waals surface area contributed by atoms with Gasteiger partial charge >= 0.3 is 0 Å². The molecule has 0 saturated heterocycles. The number of anilines is 3. The lowest BCUT2D eigenvalue weighted by Gasteiger charge is -2.26. The molecule has 1 aromatic carbocycles. The number of unbranched alkanes of at least 4 members (excludes halogenated alkanes) is 1. The predicted molar refractivity (Wildman–Crippen MR) is 90.2 cm³/mol. The van der Waals surface area contributed by atoms with Crippen molar-refractivity contribution >= 4 is 23.1 Å². The molecule has 4 rings (SSSR count). The SMILES string of the molecule is CCCCN1C(=O)c2ccnnc2N(C2CC2)c2ccccc21. The minimum Gasteiger partial charge on any atom is -0.319 e. The number of hydrogen-bond acceptors (Lipinski definition) is 4. The molecule has 2 heterocycles. The number of benzene rings is 1. The Balaban J connectivity index is 1.91. The van der Waals surface area contributed by atoms with Crippen LogP contribution in [-0.2, 0) is 0 Å². The van der Waals surface area contributed by atoms with Crippen molar-refractivity contribution in [2.75, 3.05) is 16.3 Å². The Hall–Kier alpha value is -2.43. The fourth-order valence-corrected chi connectivity index (χ4v) is 3.17. The first kappa shape index (κ1) is 14.2. The van der Waals surface area contributed by atoms with Gasteiger partial charge in [0, 0.05) is 12.6 Å². The van der Waals surface area contributed by atoms with Crippen molar-refractivity contribution in [3.8, 4) is 0 Å². The van der Waals surface area contributed by atoms with Gasteiger partial charge in [0.2, 0.25) is 0 Å². The molecule has 23 heavy (non-hydrogen) atoms. The molecule has 0 unspecified atom stereocenters. The topological polar surface area (TPSA) is 49.3 Å². The highest BCUT2D eigenvalue weighted by Gasteiger charge is 2.39. The van der Waals surface area contributed by atoms with Crippen LogP contribution in [0.5, 0.6) is 0 Å². The molecule has 1 saturated carbocycles. The van der Waals surface area contributed by atoms with Gasteiger partial charge in [-0.1, -0.05) is 25.5 Å². The van der Waals surface area contributed by atoms with Crippen molar-refractivity contribution in [1.29, 1.82) is 0 Å². The maximum absolute atomic E-state index is 13.1. The van der Waals surface area contributed by atoms with Crippen LogP contribution in [0.1, 0.15) is 43.0 Å². The highest BCUT2D eigenvalue weighted by molar-refractivity contribution is 6.13. The molecule has 5 nitrogen and oxygen atoms in total. The Morgan fingerprint density at radius 2 is 1.96 bits per heavy atom. The van der Waals surface area contributed by atoms with Gasteiger partial charge in [0.25, 0.3) is 5.91 Å². The summed E-state index contributed by atoms with van der Waals surface area (Å²) in [5, 5.41) is 8.35. The van der Waals surface area contributed by atoms with Gasteiger partial charge in [-0.15, -0.1) is 5.10 Å². The van der Waals surface area contributed by atoms with E-state index in [4.69, 9.17) is 0 Å². The second-order valence-corrected chi connectivity index (χ2v) is 6.17. The van der Waals surface area contributed by atoms with Crippen LogP contribution in [0.15, 0.2) is 36.5 Å². The molecule has 1 aliphatic heterocycles. The lowest BCUT2D eigenvalue weighted by molar-refractivity contribution is 0.0987. The molecule has 2 aromatic rings. The summed E-state index contributed by atoms with van der Waals surface area (Å²) in [5.74, 6) is 0.727. The first-order valence-electron chi connectivity index (χ1n) is 8.33. The van der Waals surface area contributed by atoms with Gasteiger partial charge < -0.3 is 9.80 Å². The number of hydrogen-bond donors (Lipinski definition) is 0. The normalized spacial score (nSPS) is 16.8. The van der Waals surface area contributed by atoms with E-state index in [0.29, 0.717) is 17.4 Å². The average molecular weight is 308 g/mol. The summed E-state index contributed by atoms with van der Waals surface area (Å²) in [4.78, 5) is 17.2. The molecule has 0 atom stereocenters. The fraction of sp³-hybridized carbons (Fsp3) is 0.389. The Bertz CT molecular complexity index is 741. The van der Waals surface area contributed by atoms with Crippen LogP contribution in [-0.4, -0.2) is 28.7 Å². The Morgan fingerprint density at radius 1 is 1.17 bits per heavy atom. The van der Waals surface area contributed by atoms with Gasteiger partial charge in [-0.05, 0) is 37.5 Å². The Morgan fingerprint density at radius 3 is 2.70 bits per heavy atom. The van der Waals surface area contributed by atoms with Crippen molar-refractivity contribution in [1.82, 2.24) is 10.2 Å². The molecule has 0 N–H and O–H groups in total. The van der Waals surface area contributed by atoms with Crippen LogP contribution in [0.3, 0.4) is 0 Å². The van der Waals surface area contributed by atoms with Gasteiger partial charge in [-0.25, -0.2) is 0 Å². The monoisotopic (exact) mass is 308 g/mol. The molecule has 1 aliphatic carbocycles. The number of fused-ring (bicyclic) bond motifs is 2. The Kier molecular flexibility index (Phi) is 3.48. The zero-order chi connectivity index (χ0) is 15.8. The van der Waals surface area contributed by atoms with Crippen LogP contribution in [0, 0.1) is 0 Å². The van der Waals surface area contributed by atoms with Crippen LogP contribution >= 0.6 is 0 Å². The highest BCUT2D eigenvalue weighted by atomic mass is 16.2. The molecule has 0 radical (unpaired) electrons. The quantitative estimate of drug-likeness (QED) is 0.867. The smallest absolute Gasteiger partial charge is 0.262 e. The third kappa shape index (κ3) is 2.36. The van der Waals surface area contributed by atoms with Crippen LogP contribution in [0.25, 0.3) is 0 Å². The van der Waals surface area contributed by atoms with E-state index in [0.717, 1.165) is 43.6 Å². The summed E-state index contributed by atoms with van der Waals surface area (Å²) in [6, 6.07) is 10.4. The molecule has 1 fully saturated rings. The number of rotatable bonds is 4. The van der Waals surface area contributed by atoms with Crippen molar-refractivity contribution in [3.05, 3.63) is 42.1 Å². The minimum absolute atomic E-state index is 0.0268. The summed E-state index contributed by atoms with van der Waals surface area (Å²) in [5.41, 5.74) is 2.70. The van der Waals surface area contributed by atoms with E-state index in [2.05, 4.69) is 28.1 Å². The summed E-state index contributed by atoms with van der Waals surface area (Å²) in [6.45, 7) is 2.87. The molecular weight excluding hydrogens is 288 g/mol. The fourth-order valence-electron chi connectivity index (χ4n) is 3.17. The summed E-state index contributed by atoms with van der Waals surface area (Å²) < 4.78 is 0. The van der Waals surface area contributed by atoms with Gasteiger partial charge in [0.15, 0.2) is 5.82 Å². The van der Waals surface area contributed by atoms with E-state index in [1.807, 2.05) is 23.1 Å². The first-order chi connectivity index (χ1) is 11.3. The number of aromatic nitrogens is 2. The summed E-state index contributed by atoms with van der Waals surface area (Å²) in [7, 11) is 0. The maximum atomic E-state index is 13.1. The largest absolute Gasteiger partial charge is 0.319 e. The van der Waals surface area contributed by atoms with E-state index in [1.54, 1.807) is 12.3 Å². The number of nitrogens with zero attached hydrogens (tertiary/aromatic N) is 4. The average Bonchev–Trinajstić information content (AvgIpc) is 3.41. The van der Waals surface area contributed by atoms with Gasteiger partial charge in [0.05, 0.1) is 23.1 Å². The summed E-state index contributed by atoms with van der Waals surface area (Å²) >= 11 is 0. The van der Waals surface area contributed by atoms with Crippen LogP contribution < -0.4 is 9.80 Å². The van der Waals surface area contributed by atoms with Gasteiger partial charge in [0.1, 0.15) is 0 Å². The van der Waals surface area contributed by atoms with E-state index >= 15 is 0 Å². The van der Waals surface area contributed by atoms with Gasteiger partial charge in [-0.2, -0.15) is 5.10 Å². The molecule has 1 aromatic heterocycles. The van der Waals surface area contributed by atoms with Crippen LogP contribution in [0.4, 0.5) is 17.2 Å². The molecule has 0 bridgehead atoms. The van der Waals surface area contributed by atoms with Crippen molar-refractivity contribution in [2.45, 2.75) is 38.6 Å². The van der Waals surface area contributed by atoms with E-state index in [1.165, 1.54) is 0 Å². The molecule has 5 heteroatoms. The first-order valence-corrected chi connectivity index (χ1v) is 8.33. The molecule has 118 valence electrons. The van der Waals surface area contributed by atoms with Gasteiger partial charge in [-0.3, -0.25) is 4.79 Å². The van der Waals surface area contributed by atoms with Crippen molar-refractivity contribution in [2.24, 2.45) is 0 Å². The van der Waals surface area contributed by atoms with E-state index < -0.39 is 0 Å². The maximum Gasteiger partial charge on any atom is 0.262 e. The third-order valence-electron chi connectivity index (χ3n) is 4.48. The van der Waals surface area contributed by atoms with E-state index in [9.17, 15) is 4.79 Å². The van der Waals surface area contributed by atoms with E-state index in [-0.39, 0.29) is 5.91 Å². The lowest BCUT2D eigenvalue weighted by Crippen LogP contribution is -2.31. The van der Waals surface area contributed by atoms with Crippen molar-refractivity contribution < 1.29 is 4.79 Å². The lowest BCUT2D eigenvalue weighted by atomic mass is 10.2. The number of para-hydroxylation sites is 2. The zero-order valence-electron chi connectivity index (χ0n) is 13.3. The standard InChI is InChI=1S/C18H20N4O/c1-2-3-12-21-15-6-4-5-7-16(15)22(13-8-9-13)17-14(18(21)23)10-11-19-20-17/h4-7,10-11,13H,2-3,8-9,12H2,1H3. The molecule has 2 aliphatic rings. The van der Waals surface area contributed by atoms with Crippen LogP contribution in [0.2, 0.25) is 0 Å². The number of amides is 1. The Labute approximate surface area is 135 Å². The third-order valence-corrected chi connectivity index (χ3v) is 4.48. The molecule has 1 amide bonds. The highest BCUT2D eigenvalue weighted by Crippen LogP contribution is 2.45. The summed E-state index contributed by atoms with van der Waals surface area (Å²) in [6.07, 6.45) is 5.91.